The Kier molecular flexibility index (Phi) is 17.1. The lowest BCUT2D eigenvalue weighted by molar-refractivity contribution is 0.167. The topological polar surface area (TPSA) is 48.1 Å². The van der Waals surface area contributed by atoms with E-state index in [1.54, 1.807) is 0 Å². The summed E-state index contributed by atoms with van der Waals surface area (Å²) < 4.78 is 0. The molecule has 0 heterocycles. The van der Waals surface area contributed by atoms with Crippen molar-refractivity contribution in [2.45, 2.75) is 52.4 Å². The fourth-order valence-corrected chi connectivity index (χ4v) is 3.10. The van der Waals surface area contributed by atoms with E-state index in [0.29, 0.717) is 0 Å². The molecule has 0 amide bonds. The molecule has 1 fully saturated rings. The second-order valence-corrected chi connectivity index (χ2v) is 6.63. The lowest BCUT2D eigenvalue weighted by Crippen LogP contribution is -2.41. The van der Waals surface area contributed by atoms with Gasteiger partial charge in [-0.15, -0.1) is 12.4 Å². The highest BCUT2D eigenvalue weighted by Crippen LogP contribution is 2.33. The van der Waals surface area contributed by atoms with Crippen LogP contribution >= 0.6 is 12.4 Å². The highest BCUT2D eigenvalue weighted by molar-refractivity contribution is 5.85. The predicted octanol–water partition coefficient (Wildman–Crippen LogP) is 2.39. The Bertz CT molecular complexity index is 217. The molecule has 1 aliphatic carbocycles. The molecule has 0 radical (unpaired) electrons. The molecule has 0 spiro atoms. The van der Waals surface area contributed by atoms with Crippen LogP contribution in [0.5, 0.6) is 0 Å². The molecule has 0 aliphatic heterocycles. The van der Waals surface area contributed by atoms with Gasteiger partial charge in [0.1, 0.15) is 0 Å². The number of rotatable bonds is 16. The zero-order chi connectivity index (χ0) is 15.9. The summed E-state index contributed by atoms with van der Waals surface area (Å²) in [6.07, 6.45) is 8.05. The zero-order valence-corrected chi connectivity index (χ0v) is 16.3. The SMILES string of the molecule is CCNCCCCNCC1CCC1CNCCCCNCC.Cl. The van der Waals surface area contributed by atoms with Crippen LogP contribution < -0.4 is 21.3 Å². The van der Waals surface area contributed by atoms with Crippen LogP contribution in [-0.2, 0) is 0 Å². The summed E-state index contributed by atoms with van der Waals surface area (Å²) in [5.41, 5.74) is 0. The van der Waals surface area contributed by atoms with Gasteiger partial charge in [-0.2, -0.15) is 0 Å². The summed E-state index contributed by atoms with van der Waals surface area (Å²) in [6.45, 7) is 13.7. The van der Waals surface area contributed by atoms with Crippen LogP contribution in [0.1, 0.15) is 52.4 Å². The van der Waals surface area contributed by atoms with Gasteiger partial charge in [-0.05, 0) is 103 Å². The predicted molar refractivity (Wildman–Crippen MR) is 105 cm³/mol. The van der Waals surface area contributed by atoms with Gasteiger partial charge < -0.3 is 21.3 Å². The third-order valence-electron chi connectivity index (χ3n) is 4.80. The van der Waals surface area contributed by atoms with Crippen molar-refractivity contribution in [3.63, 3.8) is 0 Å². The molecule has 23 heavy (non-hydrogen) atoms. The van der Waals surface area contributed by atoms with E-state index >= 15 is 0 Å². The molecular formula is C18H41ClN4. The molecule has 0 bridgehead atoms. The molecule has 4 N–H and O–H groups in total. The van der Waals surface area contributed by atoms with E-state index in [4.69, 9.17) is 0 Å². The lowest BCUT2D eigenvalue weighted by atomic mass is 9.73. The van der Waals surface area contributed by atoms with Crippen LogP contribution in [0.2, 0.25) is 0 Å². The van der Waals surface area contributed by atoms with Gasteiger partial charge in [-0.3, -0.25) is 0 Å². The Balaban J connectivity index is 0.00000484. The largest absolute Gasteiger partial charge is 0.317 e. The molecule has 0 saturated heterocycles. The Morgan fingerprint density at radius 2 is 0.957 bits per heavy atom. The van der Waals surface area contributed by atoms with E-state index in [1.807, 2.05) is 0 Å². The molecule has 2 atom stereocenters. The van der Waals surface area contributed by atoms with Crippen molar-refractivity contribution in [1.29, 1.82) is 0 Å². The quantitative estimate of drug-likeness (QED) is 0.323. The second-order valence-electron chi connectivity index (χ2n) is 6.63. The first-order valence-electron chi connectivity index (χ1n) is 9.71. The summed E-state index contributed by atoms with van der Waals surface area (Å²) >= 11 is 0. The van der Waals surface area contributed by atoms with Crippen molar-refractivity contribution in [1.82, 2.24) is 21.3 Å². The number of hydrogen-bond donors (Lipinski definition) is 4. The first kappa shape index (κ1) is 23.1. The normalized spacial score (nSPS) is 20.1. The molecule has 140 valence electrons. The molecule has 0 aromatic rings. The minimum Gasteiger partial charge on any atom is -0.317 e. The minimum absolute atomic E-state index is 0. The van der Waals surface area contributed by atoms with E-state index in [-0.39, 0.29) is 12.4 Å². The number of halogens is 1. The third-order valence-corrected chi connectivity index (χ3v) is 4.80. The Morgan fingerprint density at radius 1 is 0.609 bits per heavy atom. The molecule has 2 unspecified atom stereocenters. The van der Waals surface area contributed by atoms with Gasteiger partial charge in [-0.1, -0.05) is 13.8 Å². The summed E-state index contributed by atoms with van der Waals surface area (Å²) in [7, 11) is 0. The van der Waals surface area contributed by atoms with Crippen LogP contribution in [0.25, 0.3) is 0 Å². The first-order chi connectivity index (χ1) is 10.9. The van der Waals surface area contributed by atoms with E-state index < -0.39 is 0 Å². The molecule has 0 aromatic heterocycles. The molecule has 0 aromatic carbocycles. The van der Waals surface area contributed by atoms with Crippen LogP contribution in [0, 0.1) is 11.8 Å². The minimum atomic E-state index is 0. The van der Waals surface area contributed by atoms with Gasteiger partial charge in [0, 0.05) is 0 Å². The molecule has 1 saturated carbocycles. The average molecular weight is 349 g/mol. The molecule has 1 rings (SSSR count). The van der Waals surface area contributed by atoms with Crippen LogP contribution in [0.15, 0.2) is 0 Å². The second kappa shape index (κ2) is 17.0. The highest BCUT2D eigenvalue weighted by Gasteiger charge is 2.29. The average Bonchev–Trinajstić information content (AvgIpc) is 2.51. The Morgan fingerprint density at radius 3 is 1.26 bits per heavy atom. The monoisotopic (exact) mass is 348 g/mol. The van der Waals surface area contributed by atoms with Gasteiger partial charge >= 0.3 is 0 Å². The maximum Gasteiger partial charge on any atom is -0.00174 e. The standard InChI is InChI=1S/C18H40N4.ClH/c1-3-19-11-5-7-13-21-15-17-9-10-18(17)16-22-14-8-6-12-20-4-2;/h17-22H,3-16H2,1-2H3;1H. The fourth-order valence-electron chi connectivity index (χ4n) is 3.10. The molecular weight excluding hydrogens is 308 g/mol. The molecule has 1 aliphatic rings. The van der Waals surface area contributed by atoms with Crippen LogP contribution in [0.4, 0.5) is 0 Å². The first-order valence-corrected chi connectivity index (χ1v) is 9.71. The van der Waals surface area contributed by atoms with Crippen molar-refractivity contribution in [2.24, 2.45) is 11.8 Å². The van der Waals surface area contributed by atoms with E-state index in [1.165, 1.54) is 77.8 Å². The molecule has 4 nitrogen and oxygen atoms in total. The van der Waals surface area contributed by atoms with Crippen molar-refractivity contribution >= 4 is 12.4 Å². The van der Waals surface area contributed by atoms with Gasteiger partial charge in [0.05, 0.1) is 0 Å². The Labute approximate surface area is 150 Å². The van der Waals surface area contributed by atoms with Crippen molar-refractivity contribution in [3.8, 4) is 0 Å². The van der Waals surface area contributed by atoms with Gasteiger partial charge in [0.2, 0.25) is 0 Å². The third kappa shape index (κ3) is 12.2. The summed E-state index contributed by atoms with van der Waals surface area (Å²) in [6, 6.07) is 0. The summed E-state index contributed by atoms with van der Waals surface area (Å²) in [5.74, 6) is 1.84. The maximum absolute atomic E-state index is 3.66. The van der Waals surface area contributed by atoms with Gasteiger partial charge in [-0.25, -0.2) is 0 Å². The van der Waals surface area contributed by atoms with Crippen molar-refractivity contribution < 1.29 is 0 Å². The van der Waals surface area contributed by atoms with Gasteiger partial charge in [0.15, 0.2) is 0 Å². The van der Waals surface area contributed by atoms with E-state index in [0.717, 1.165) is 24.9 Å². The zero-order valence-electron chi connectivity index (χ0n) is 15.5. The van der Waals surface area contributed by atoms with Crippen molar-refractivity contribution in [2.75, 3.05) is 52.4 Å². The lowest BCUT2D eigenvalue weighted by Gasteiger charge is -2.37. The molecule has 5 heteroatoms. The summed E-state index contributed by atoms with van der Waals surface area (Å²) in [5, 5.41) is 14.1. The Hall–Kier alpha value is 0.130. The number of unbranched alkanes of at least 4 members (excludes halogenated alkanes) is 2. The summed E-state index contributed by atoms with van der Waals surface area (Å²) in [4.78, 5) is 0. The van der Waals surface area contributed by atoms with E-state index in [2.05, 4.69) is 35.1 Å². The smallest absolute Gasteiger partial charge is 0.00174 e. The fraction of sp³-hybridized carbons (Fsp3) is 1.00. The number of nitrogens with one attached hydrogen (secondary N) is 4. The van der Waals surface area contributed by atoms with Gasteiger partial charge in [0.25, 0.3) is 0 Å². The van der Waals surface area contributed by atoms with Crippen molar-refractivity contribution in [3.05, 3.63) is 0 Å². The van der Waals surface area contributed by atoms with Crippen LogP contribution in [-0.4, -0.2) is 52.4 Å². The maximum atomic E-state index is 3.66. The number of hydrogen-bond acceptors (Lipinski definition) is 4. The van der Waals surface area contributed by atoms with Crippen LogP contribution in [0.3, 0.4) is 0 Å². The van der Waals surface area contributed by atoms with E-state index in [9.17, 15) is 0 Å². The highest BCUT2D eigenvalue weighted by atomic mass is 35.5.